The molecule has 3 rings (SSSR count). The maximum Gasteiger partial charge on any atom is 0.259 e. The number of rotatable bonds is 6. The van der Waals surface area contributed by atoms with Gasteiger partial charge in [0, 0.05) is 0 Å². The number of nitrogens with two attached hydrogens (primary N) is 1. The molecule has 0 aliphatic rings. The highest BCUT2D eigenvalue weighted by Crippen LogP contribution is 2.38. The predicted octanol–water partition coefficient (Wildman–Crippen LogP) is 4.58. The van der Waals surface area contributed by atoms with Crippen molar-refractivity contribution < 1.29 is 14.3 Å². The second kappa shape index (κ2) is 8.59. The first kappa shape index (κ1) is 19.5. The summed E-state index contributed by atoms with van der Waals surface area (Å²) in [5.74, 6) is 0.224. The van der Waals surface area contributed by atoms with Crippen LogP contribution in [0.3, 0.4) is 0 Å². The molecule has 0 unspecified atom stereocenters. The van der Waals surface area contributed by atoms with Crippen molar-refractivity contribution in [2.75, 3.05) is 7.11 Å². The smallest absolute Gasteiger partial charge is 0.259 e. The molecule has 0 atom stereocenters. The lowest BCUT2D eigenvalue weighted by atomic mass is 10.1. The summed E-state index contributed by atoms with van der Waals surface area (Å²) in [6, 6.07) is 19.4. The Bertz CT molecular complexity index is 1110. The monoisotopic (exact) mass is 436 g/mol. The number of nitriles is 1. The van der Waals surface area contributed by atoms with Crippen molar-refractivity contribution in [1.82, 2.24) is 0 Å². The summed E-state index contributed by atoms with van der Waals surface area (Å²) in [6.07, 6.45) is 1.41. The van der Waals surface area contributed by atoms with E-state index in [0.29, 0.717) is 28.1 Å². The molecule has 0 heterocycles. The van der Waals surface area contributed by atoms with E-state index in [-0.39, 0.29) is 5.57 Å². The van der Waals surface area contributed by atoms with Gasteiger partial charge in [0.15, 0.2) is 11.5 Å². The average molecular weight is 437 g/mol. The predicted molar refractivity (Wildman–Crippen MR) is 112 cm³/mol. The maximum absolute atomic E-state index is 11.3. The van der Waals surface area contributed by atoms with E-state index >= 15 is 0 Å². The van der Waals surface area contributed by atoms with Crippen LogP contribution in [-0.4, -0.2) is 13.0 Å². The van der Waals surface area contributed by atoms with Crippen molar-refractivity contribution in [2.45, 2.75) is 6.61 Å². The lowest BCUT2D eigenvalue weighted by Gasteiger charge is -2.14. The molecule has 0 saturated heterocycles. The van der Waals surface area contributed by atoms with E-state index in [4.69, 9.17) is 20.5 Å². The second-order valence-electron chi connectivity index (χ2n) is 6.00. The van der Waals surface area contributed by atoms with Crippen molar-refractivity contribution in [1.29, 1.82) is 5.26 Å². The molecule has 2 N–H and O–H groups in total. The Morgan fingerprint density at radius 1 is 1.21 bits per heavy atom. The highest BCUT2D eigenvalue weighted by molar-refractivity contribution is 9.10. The van der Waals surface area contributed by atoms with E-state index in [9.17, 15) is 4.79 Å². The topological polar surface area (TPSA) is 85.3 Å². The Hall–Kier alpha value is -3.30. The van der Waals surface area contributed by atoms with Crippen LogP contribution >= 0.6 is 15.9 Å². The number of fused-ring (bicyclic) bond motifs is 1. The number of methoxy groups -OCH3 is 1. The van der Waals surface area contributed by atoms with Gasteiger partial charge in [-0.1, -0.05) is 42.5 Å². The molecule has 0 radical (unpaired) electrons. The molecule has 0 aromatic heterocycles. The third kappa shape index (κ3) is 4.16. The molecular weight excluding hydrogens is 420 g/mol. The van der Waals surface area contributed by atoms with E-state index in [2.05, 4.69) is 34.1 Å². The van der Waals surface area contributed by atoms with Gasteiger partial charge < -0.3 is 15.2 Å². The number of halogens is 1. The average Bonchev–Trinajstić information content (AvgIpc) is 2.70. The van der Waals surface area contributed by atoms with E-state index in [1.165, 1.54) is 13.2 Å². The summed E-state index contributed by atoms with van der Waals surface area (Å²) < 4.78 is 12.1. The van der Waals surface area contributed by atoms with Crippen LogP contribution < -0.4 is 15.2 Å². The zero-order chi connectivity index (χ0) is 20.1. The summed E-state index contributed by atoms with van der Waals surface area (Å²) in [4.78, 5) is 11.3. The standard InChI is InChI=1S/C22H17BrN2O3/c1-27-20-11-14(9-17(12-24)22(25)26)10-19(23)21(20)28-13-16-7-4-6-15-5-2-3-8-18(15)16/h2-11H,13H2,1H3,(H2,25,26)/b17-9+. The molecule has 0 aliphatic carbocycles. The van der Waals surface area contributed by atoms with Gasteiger partial charge in [-0.25, -0.2) is 0 Å². The molecule has 0 saturated carbocycles. The Balaban J connectivity index is 1.92. The number of benzene rings is 3. The lowest BCUT2D eigenvalue weighted by Crippen LogP contribution is -2.12. The van der Waals surface area contributed by atoms with Crippen LogP contribution in [0.15, 0.2) is 64.6 Å². The van der Waals surface area contributed by atoms with E-state index in [1.807, 2.05) is 24.3 Å². The van der Waals surface area contributed by atoms with Gasteiger partial charge in [0.05, 0.1) is 11.6 Å². The number of amides is 1. The molecular formula is C22H17BrN2O3. The molecule has 140 valence electrons. The first-order chi connectivity index (χ1) is 13.5. The number of primary amides is 1. The largest absolute Gasteiger partial charge is 0.493 e. The molecule has 28 heavy (non-hydrogen) atoms. The van der Waals surface area contributed by atoms with Gasteiger partial charge in [0.25, 0.3) is 5.91 Å². The number of carbonyl (C=O) groups excluding carboxylic acids is 1. The highest BCUT2D eigenvalue weighted by atomic mass is 79.9. The minimum atomic E-state index is -0.783. The van der Waals surface area contributed by atoms with Gasteiger partial charge in [0.1, 0.15) is 18.2 Å². The van der Waals surface area contributed by atoms with Crippen LogP contribution in [0.4, 0.5) is 0 Å². The molecule has 5 nitrogen and oxygen atoms in total. The van der Waals surface area contributed by atoms with Crippen LogP contribution in [0.2, 0.25) is 0 Å². The maximum atomic E-state index is 11.3. The number of hydrogen-bond acceptors (Lipinski definition) is 4. The Morgan fingerprint density at radius 3 is 2.68 bits per heavy atom. The van der Waals surface area contributed by atoms with Crippen LogP contribution in [0.25, 0.3) is 16.8 Å². The van der Waals surface area contributed by atoms with Crippen molar-refractivity contribution in [3.05, 3.63) is 75.8 Å². The van der Waals surface area contributed by atoms with Crippen LogP contribution in [-0.2, 0) is 11.4 Å². The Morgan fingerprint density at radius 2 is 1.96 bits per heavy atom. The zero-order valence-electron chi connectivity index (χ0n) is 15.1. The Labute approximate surface area is 171 Å². The minimum Gasteiger partial charge on any atom is -0.493 e. The van der Waals surface area contributed by atoms with E-state index in [0.717, 1.165) is 16.3 Å². The van der Waals surface area contributed by atoms with Gasteiger partial charge >= 0.3 is 0 Å². The van der Waals surface area contributed by atoms with Crippen LogP contribution in [0, 0.1) is 11.3 Å². The third-order valence-electron chi connectivity index (χ3n) is 4.20. The Kier molecular flexibility index (Phi) is 5.97. The SMILES string of the molecule is COc1cc(/C=C(\C#N)C(N)=O)cc(Br)c1OCc1cccc2ccccc12. The van der Waals surface area contributed by atoms with Gasteiger partial charge in [-0.3, -0.25) is 4.79 Å². The van der Waals surface area contributed by atoms with E-state index in [1.54, 1.807) is 18.2 Å². The number of ether oxygens (including phenoxy) is 2. The lowest BCUT2D eigenvalue weighted by molar-refractivity contribution is -0.114. The fourth-order valence-electron chi connectivity index (χ4n) is 2.86. The quantitative estimate of drug-likeness (QED) is 0.452. The third-order valence-corrected chi connectivity index (χ3v) is 4.79. The number of nitrogens with zero attached hydrogens (tertiary/aromatic N) is 1. The van der Waals surface area contributed by atoms with Gasteiger partial charge in [-0.05, 0) is 56.0 Å². The fraction of sp³-hybridized carbons (Fsp3) is 0.0909. The molecule has 0 aliphatic heterocycles. The van der Waals surface area contributed by atoms with Gasteiger partial charge in [-0.15, -0.1) is 0 Å². The molecule has 1 amide bonds. The summed E-state index contributed by atoms with van der Waals surface area (Å²) in [6.45, 7) is 0.357. The second-order valence-corrected chi connectivity index (χ2v) is 6.85. The van der Waals surface area contributed by atoms with Crippen molar-refractivity contribution in [3.8, 4) is 17.6 Å². The first-order valence-electron chi connectivity index (χ1n) is 8.42. The number of hydrogen-bond donors (Lipinski definition) is 1. The van der Waals surface area contributed by atoms with Crippen molar-refractivity contribution in [3.63, 3.8) is 0 Å². The molecule has 3 aromatic rings. The normalized spacial score (nSPS) is 11.1. The molecule has 0 bridgehead atoms. The van der Waals surface area contributed by atoms with Crippen molar-refractivity contribution in [2.24, 2.45) is 5.73 Å². The van der Waals surface area contributed by atoms with Gasteiger partial charge in [0.2, 0.25) is 0 Å². The summed E-state index contributed by atoms with van der Waals surface area (Å²) in [5.41, 5.74) is 6.70. The van der Waals surface area contributed by atoms with Gasteiger partial charge in [-0.2, -0.15) is 5.26 Å². The highest BCUT2D eigenvalue weighted by Gasteiger charge is 2.13. The van der Waals surface area contributed by atoms with Crippen LogP contribution in [0.1, 0.15) is 11.1 Å². The van der Waals surface area contributed by atoms with Crippen molar-refractivity contribution >= 4 is 38.7 Å². The summed E-state index contributed by atoms with van der Waals surface area (Å²) >= 11 is 3.48. The van der Waals surface area contributed by atoms with Crippen LogP contribution in [0.5, 0.6) is 11.5 Å². The molecule has 0 spiro atoms. The zero-order valence-corrected chi connectivity index (χ0v) is 16.7. The first-order valence-corrected chi connectivity index (χ1v) is 9.21. The summed E-state index contributed by atoms with van der Waals surface area (Å²) in [7, 11) is 1.53. The van der Waals surface area contributed by atoms with E-state index < -0.39 is 5.91 Å². The molecule has 6 heteroatoms. The minimum absolute atomic E-state index is 0.140. The molecule has 0 fully saturated rings. The summed E-state index contributed by atoms with van der Waals surface area (Å²) in [5, 5.41) is 11.3. The fourth-order valence-corrected chi connectivity index (χ4v) is 3.43. The number of carbonyl (C=O) groups is 1. The molecule has 3 aromatic carbocycles.